The average molecular weight is 1810 g/mol. The van der Waals surface area contributed by atoms with Crippen LogP contribution in [-0.2, 0) is 62.6 Å². The third kappa shape index (κ3) is 20.7. The lowest BCUT2D eigenvalue weighted by atomic mass is 9.86. The molecule has 23 N–H and O–H groups in total. The van der Waals surface area contributed by atoms with E-state index in [4.69, 9.17) is 63.1 Å². The number of phenols is 3. The van der Waals surface area contributed by atoms with Crippen molar-refractivity contribution in [3.8, 4) is 57.1 Å². The number of primary amides is 1. The smallest absolute Gasteiger partial charge is 0.261 e. The summed E-state index contributed by atoms with van der Waals surface area (Å²) in [7, 11) is -2.46. The molecule has 11 bridgehead atoms. The first-order valence-electron chi connectivity index (χ1n) is 40.2. The van der Waals surface area contributed by atoms with Crippen molar-refractivity contribution in [2.45, 2.75) is 168 Å². The van der Waals surface area contributed by atoms with E-state index in [0.717, 1.165) is 66.7 Å². The highest BCUT2D eigenvalue weighted by atomic mass is 35.5. The molecule has 8 aromatic rings. The SMILES string of the molecule is CNC(CC(C)C)C(=O)NC1C(=O)NC(CC(N)=O)C(=O)NC2C(=O)NC3C(=O)NC(C(=O)NC(C(=O)NCCCNC(=O)c4ccc5cc(NS(=O)(=O)c6ccccc6)ccc5c4)c4cc(O)cc(O)c4-c4cc3ccc4O)C(O)c3ccc(c(Cl)c3)Oc3cc2cc(c3OC2OC(CO)C(O)C(O)C2OC2CC(C)(N)C(O)C(C)O2)Oc2ccc(cc2Cl)C1O. The summed E-state index contributed by atoms with van der Waals surface area (Å²) < 4.78 is 67.4. The van der Waals surface area contributed by atoms with Gasteiger partial charge in [0.25, 0.3) is 15.9 Å². The first-order valence-corrected chi connectivity index (χ1v) is 42.4. The molecule has 7 aliphatic rings. The highest BCUT2D eigenvalue weighted by Crippen LogP contribution is 2.50. The number of sulfonamides is 1. The van der Waals surface area contributed by atoms with Crippen LogP contribution < -0.4 is 78.3 Å². The molecule has 2 fully saturated rings. The van der Waals surface area contributed by atoms with Crippen molar-refractivity contribution in [2.75, 3.05) is 31.5 Å². The number of aromatic hydroxyl groups is 3. The van der Waals surface area contributed by atoms with E-state index >= 15 is 28.8 Å². The normalized spacial score (nSPS) is 25.8. The number of nitrogens with one attached hydrogen (secondary N) is 10. The van der Waals surface area contributed by atoms with Crippen molar-refractivity contribution in [1.29, 1.82) is 0 Å². The molecule has 7 heterocycles. The zero-order chi connectivity index (χ0) is 91.5. The molecule has 7 aliphatic heterocycles. The van der Waals surface area contributed by atoms with Gasteiger partial charge in [0, 0.05) is 53.5 Å². The summed E-state index contributed by atoms with van der Waals surface area (Å²) in [6.07, 6.45) is -18.9. The summed E-state index contributed by atoms with van der Waals surface area (Å²) in [6, 6.07) is 16.8. The number of ether oxygens (including phenoxy) is 6. The van der Waals surface area contributed by atoms with Gasteiger partial charge in [0.2, 0.25) is 59.3 Å². The zero-order valence-electron chi connectivity index (χ0n) is 68.5. The molecule has 8 aromatic carbocycles. The van der Waals surface area contributed by atoms with Crippen LogP contribution in [0.15, 0.2) is 150 Å². The first kappa shape index (κ1) is 92.6. The predicted molar refractivity (Wildman–Crippen MR) is 453 cm³/mol. The quantitative estimate of drug-likeness (QED) is 0.0460. The number of carbonyl (C=O) groups excluding carboxylic acids is 9. The Balaban J connectivity index is 0.914. The van der Waals surface area contributed by atoms with Gasteiger partial charge in [0.05, 0.1) is 46.2 Å². The van der Waals surface area contributed by atoms with Gasteiger partial charge in [-0.05, 0) is 169 Å². The average Bonchev–Trinajstić information content (AvgIpc) is 0.761. The minimum atomic E-state index is -3.93. The summed E-state index contributed by atoms with van der Waals surface area (Å²) in [5, 5.41) is 130. The van der Waals surface area contributed by atoms with Gasteiger partial charge in [-0.1, -0.05) is 85.6 Å². The van der Waals surface area contributed by atoms with E-state index in [2.05, 4.69) is 52.6 Å². The fraction of sp³-hybridized carbons (Fsp3) is 0.360. The maximum absolute atomic E-state index is 16.3. The standard InChI is InChI=1S/C86H94Cl2N12O26S/c1-37(2)24-53(91-5)78(112)98-68-70(106)42-16-20-57(51(87)28-42)122-59-30-45-31-60(74(59)126-85-75(73(109)72(108)61(36-101)124-85)125-63-35-86(4,90)76(110)38(3)121-63)123-58-21-17-43(29-52(58)88)71(107)69-84(118)97-67(80(114)93-23-9-22-92-77(111)44-13-12-40-26-46(18-14-39(40)25-44)100-127(119,120)48-10-7-6-8-11-48)50-32-47(102)33-56(104)64(50)49-27-41(15-19-55(49)103)65(81(115)99-69)96-82(116)66(45)95-79(113)54(34-62(89)105)94-83(68)117/h6-8,10-21,25-33,37-38,53-54,61,63,65-73,75-76,85,91,100-104,106-110H,9,22-24,34-36,90H2,1-5H3,(H2,89,105)(H,92,111)(H,93,114)(H,94,117)(H,95,113)(H,96,116)(H,97,118)(H,98,112)(H,99,115). The van der Waals surface area contributed by atoms with Gasteiger partial charge < -0.3 is 134 Å². The van der Waals surface area contributed by atoms with Crippen molar-refractivity contribution in [2.24, 2.45) is 17.4 Å². The minimum Gasteiger partial charge on any atom is -0.508 e. The number of likely N-dealkylation sites (N-methyl/N-ethyl adjacent to an activating group) is 1. The molecule has 18 unspecified atom stereocenters. The van der Waals surface area contributed by atoms with Crippen molar-refractivity contribution in [1.82, 2.24) is 47.9 Å². The van der Waals surface area contributed by atoms with E-state index in [0.29, 0.717) is 10.8 Å². The molecule has 38 nitrogen and oxygen atoms in total. The van der Waals surface area contributed by atoms with Crippen LogP contribution in [-0.4, -0.2) is 213 Å². The van der Waals surface area contributed by atoms with Crippen molar-refractivity contribution < 1.29 is 126 Å². The lowest BCUT2D eigenvalue weighted by molar-refractivity contribution is -0.333. The van der Waals surface area contributed by atoms with Gasteiger partial charge >= 0.3 is 0 Å². The van der Waals surface area contributed by atoms with Crippen LogP contribution in [0.5, 0.6) is 46.0 Å². The van der Waals surface area contributed by atoms with Crippen LogP contribution in [0.3, 0.4) is 0 Å². The van der Waals surface area contributed by atoms with Gasteiger partial charge in [0.15, 0.2) is 23.9 Å². The number of amides is 9. The topological polar surface area (TPSA) is 598 Å². The van der Waals surface area contributed by atoms with Gasteiger partial charge in [-0.2, -0.15) is 0 Å². The third-order valence-corrected chi connectivity index (χ3v) is 24.1. The van der Waals surface area contributed by atoms with E-state index in [1.165, 1.54) is 57.3 Å². The summed E-state index contributed by atoms with van der Waals surface area (Å²) in [6.45, 7) is 5.28. The Morgan fingerprint density at radius 2 is 1.29 bits per heavy atom. The second kappa shape index (κ2) is 38.6. The number of aliphatic hydroxyl groups excluding tert-OH is 6. The first-order chi connectivity index (χ1) is 60.3. The van der Waals surface area contributed by atoms with Crippen molar-refractivity contribution >= 4 is 103 Å². The highest BCUT2D eigenvalue weighted by Gasteiger charge is 2.52. The summed E-state index contributed by atoms with van der Waals surface area (Å²) >= 11 is 14.3. The number of nitrogens with two attached hydrogens (primary N) is 2. The molecule has 0 saturated carbocycles. The number of benzene rings is 8. The number of aliphatic hydroxyl groups is 6. The van der Waals surface area contributed by atoms with E-state index < -0.39 is 253 Å². The Morgan fingerprint density at radius 1 is 0.661 bits per heavy atom. The molecule has 0 spiro atoms. The summed E-state index contributed by atoms with van der Waals surface area (Å²) in [5.74, 6) is -15.9. The van der Waals surface area contributed by atoms with Crippen LogP contribution in [0.25, 0.3) is 21.9 Å². The molecule has 2 saturated heterocycles. The maximum Gasteiger partial charge on any atom is 0.261 e. The third-order valence-electron chi connectivity index (χ3n) is 22.1. The largest absolute Gasteiger partial charge is 0.508 e. The summed E-state index contributed by atoms with van der Waals surface area (Å²) in [4.78, 5) is 135. The Kier molecular flexibility index (Phi) is 28.2. The van der Waals surface area contributed by atoms with Gasteiger partial charge in [0.1, 0.15) is 95.5 Å². The Labute approximate surface area is 735 Å². The van der Waals surface area contributed by atoms with Crippen molar-refractivity contribution in [3.05, 3.63) is 189 Å². The fourth-order valence-electron chi connectivity index (χ4n) is 15.5. The van der Waals surface area contributed by atoms with E-state index in [9.17, 15) is 68.8 Å². The van der Waals surface area contributed by atoms with Crippen LogP contribution >= 0.6 is 23.2 Å². The van der Waals surface area contributed by atoms with Gasteiger partial charge in [-0.3, -0.25) is 47.9 Å². The van der Waals surface area contributed by atoms with Crippen LogP contribution in [0, 0.1) is 5.92 Å². The molecular weight excluding hydrogens is 1720 g/mol. The lowest BCUT2D eigenvalue weighted by Gasteiger charge is -2.47. The van der Waals surface area contributed by atoms with Crippen LogP contribution in [0.2, 0.25) is 10.0 Å². The Bertz CT molecular complexity index is 5700. The van der Waals surface area contributed by atoms with Crippen LogP contribution in [0.1, 0.15) is 122 Å². The minimum absolute atomic E-state index is 0.000365. The van der Waals surface area contributed by atoms with E-state index in [1.807, 2.05) is 13.8 Å². The van der Waals surface area contributed by atoms with E-state index in [1.54, 1.807) is 42.5 Å². The number of phenolic OH excluding ortho intramolecular Hbond substituents is 3. The molecular formula is C86H94Cl2N12O26S. The molecule has 0 aromatic heterocycles. The van der Waals surface area contributed by atoms with Crippen LogP contribution in [0.4, 0.5) is 5.69 Å². The molecule has 127 heavy (non-hydrogen) atoms. The second-order valence-electron chi connectivity index (χ2n) is 32.0. The summed E-state index contributed by atoms with van der Waals surface area (Å²) in [5.41, 5.74) is 8.73. The Morgan fingerprint density at radius 3 is 1.94 bits per heavy atom. The predicted octanol–water partition coefficient (Wildman–Crippen LogP) is 2.91. The van der Waals surface area contributed by atoms with E-state index in [-0.39, 0.29) is 81.9 Å². The number of carbonyl (C=O) groups is 9. The lowest BCUT2D eigenvalue weighted by Crippen LogP contribution is -2.64. The molecule has 674 valence electrons. The molecule has 0 aliphatic carbocycles. The highest BCUT2D eigenvalue weighted by molar-refractivity contribution is 7.92. The molecule has 0 radical (unpaired) electrons. The second-order valence-corrected chi connectivity index (χ2v) is 34.5. The number of hydrogen-bond acceptors (Lipinski definition) is 28. The number of hydrogen-bond donors (Lipinski definition) is 21. The van der Waals surface area contributed by atoms with Crippen molar-refractivity contribution in [3.63, 3.8) is 0 Å². The Hall–Kier alpha value is -12.1. The van der Waals surface area contributed by atoms with Gasteiger partial charge in [-0.15, -0.1) is 0 Å². The number of halogens is 2. The zero-order valence-corrected chi connectivity index (χ0v) is 70.8. The maximum atomic E-state index is 16.3. The molecule has 41 heteroatoms. The monoisotopic (exact) mass is 1810 g/mol. The molecule has 18 atom stereocenters. The fourth-order valence-corrected chi connectivity index (χ4v) is 17.0. The number of anilines is 1. The van der Waals surface area contributed by atoms with Gasteiger partial charge in [-0.25, -0.2) is 8.42 Å². The molecule has 15 rings (SSSR count). The number of fused-ring (bicyclic) bond motifs is 16. The number of rotatable bonds is 21. The molecule has 9 amide bonds.